The second kappa shape index (κ2) is 11.4. The molecule has 0 unspecified atom stereocenters. The molecule has 0 N–H and O–H groups in total. The summed E-state index contributed by atoms with van der Waals surface area (Å²) in [6.45, 7) is 10.3. The molecule has 0 aliphatic rings. The molecule has 0 bridgehead atoms. The first-order valence-corrected chi connectivity index (χ1v) is 12.9. The Balaban J connectivity index is 1.67. The van der Waals surface area contributed by atoms with Crippen molar-refractivity contribution in [3.8, 4) is 11.5 Å². The number of amides is 1. The predicted molar refractivity (Wildman–Crippen MR) is 141 cm³/mol. The van der Waals surface area contributed by atoms with E-state index in [1.165, 1.54) is 11.3 Å². The van der Waals surface area contributed by atoms with Crippen molar-refractivity contribution < 1.29 is 14.3 Å². The van der Waals surface area contributed by atoms with Crippen molar-refractivity contribution in [1.82, 2.24) is 14.8 Å². The highest BCUT2D eigenvalue weighted by Gasteiger charge is 2.23. The van der Waals surface area contributed by atoms with Crippen LogP contribution in [0.15, 0.2) is 48.5 Å². The van der Waals surface area contributed by atoms with Crippen LogP contribution >= 0.6 is 11.3 Å². The highest BCUT2D eigenvalue weighted by Crippen LogP contribution is 2.35. The number of carbonyl (C=O) groups excluding carboxylic acids is 1. The molecule has 0 aliphatic carbocycles. The van der Waals surface area contributed by atoms with Crippen LogP contribution in [0.1, 0.15) is 48.4 Å². The van der Waals surface area contributed by atoms with Gasteiger partial charge in [0.15, 0.2) is 5.13 Å². The summed E-state index contributed by atoms with van der Waals surface area (Å²) in [5.74, 6) is 1.31. The number of aryl methyl sites for hydroxylation is 2. The van der Waals surface area contributed by atoms with Gasteiger partial charge in [-0.05, 0) is 63.6 Å². The zero-order chi connectivity index (χ0) is 24.8. The fourth-order valence-electron chi connectivity index (χ4n) is 3.89. The first-order valence-electron chi connectivity index (χ1n) is 12.1. The average Bonchev–Trinajstić information content (AvgIpc) is 3.42. The molecule has 2 aromatic heterocycles. The summed E-state index contributed by atoms with van der Waals surface area (Å²) in [7, 11) is 0. The van der Waals surface area contributed by atoms with Gasteiger partial charge in [0.1, 0.15) is 17.0 Å². The molecule has 0 atom stereocenters. The fourth-order valence-corrected chi connectivity index (χ4v) is 4.90. The number of hydrogen-bond donors (Lipinski definition) is 0. The normalized spacial score (nSPS) is 11.1. The number of ether oxygens (including phenoxy) is 2. The van der Waals surface area contributed by atoms with E-state index in [1.807, 2.05) is 74.0 Å². The lowest BCUT2D eigenvalue weighted by molar-refractivity contribution is 0.0985. The van der Waals surface area contributed by atoms with Crippen LogP contribution < -0.4 is 14.4 Å². The molecule has 4 aromatic rings. The van der Waals surface area contributed by atoms with E-state index in [-0.39, 0.29) is 5.91 Å². The van der Waals surface area contributed by atoms with Crippen LogP contribution in [0.25, 0.3) is 10.2 Å². The molecule has 2 heterocycles. The molecule has 184 valence electrons. The Bertz CT molecular complexity index is 1300. The van der Waals surface area contributed by atoms with Crippen LogP contribution in [0.3, 0.4) is 0 Å². The molecule has 35 heavy (non-hydrogen) atoms. The zero-order valence-electron chi connectivity index (χ0n) is 20.8. The van der Waals surface area contributed by atoms with E-state index >= 15 is 0 Å². The number of benzene rings is 2. The van der Waals surface area contributed by atoms with E-state index in [9.17, 15) is 4.79 Å². The number of fused-ring (bicyclic) bond motifs is 1. The molecule has 0 saturated carbocycles. The van der Waals surface area contributed by atoms with Gasteiger partial charge in [0.05, 0.1) is 30.2 Å². The van der Waals surface area contributed by atoms with E-state index in [0.29, 0.717) is 42.7 Å². The standard InChI is InChI=1S/C27H32N4O3S/c1-5-7-16-34-22-11-8-10-21(18-22)26(32)30(14-15-31-20(4)17-19(3)29-31)27-28-25-23(33-6-2)12-9-13-24(25)35-27/h8-13,17-18H,5-7,14-16H2,1-4H3. The number of rotatable bonds is 11. The number of para-hydroxylation sites is 1. The Kier molecular flexibility index (Phi) is 8.02. The molecule has 0 fully saturated rings. The van der Waals surface area contributed by atoms with Crippen molar-refractivity contribution in [2.45, 2.75) is 47.1 Å². The largest absolute Gasteiger partial charge is 0.494 e. The third-order valence-electron chi connectivity index (χ3n) is 5.63. The zero-order valence-corrected chi connectivity index (χ0v) is 21.6. The quantitative estimate of drug-likeness (QED) is 0.239. The van der Waals surface area contributed by atoms with Crippen LogP contribution in [0.5, 0.6) is 11.5 Å². The Morgan fingerprint density at radius 2 is 1.91 bits per heavy atom. The number of hydrogen-bond acceptors (Lipinski definition) is 6. The first-order chi connectivity index (χ1) is 17.0. The Labute approximate surface area is 210 Å². The maximum absolute atomic E-state index is 13.8. The fraction of sp³-hybridized carbons (Fsp3) is 0.370. The SMILES string of the molecule is CCCCOc1cccc(C(=O)N(CCn2nc(C)cc2C)c2nc3c(OCC)cccc3s2)c1. The first kappa shape index (κ1) is 24.7. The van der Waals surface area contributed by atoms with E-state index in [1.54, 1.807) is 4.90 Å². The molecule has 8 heteroatoms. The predicted octanol–water partition coefficient (Wildman–Crippen LogP) is 6.03. The van der Waals surface area contributed by atoms with E-state index in [4.69, 9.17) is 14.5 Å². The van der Waals surface area contributed by atoms with Gasteiger partial charge < -0.3 is 9.47 Å². The maximum Gasteiger partial charge on any atom is 0.260 e. The van der Waals surface area contributed by atoms with Gasteiger partial charge in [-0.1, -0.05) is 36.8 Å². The number of unbranched alkanes of at least 4 members (excludes halogenated alkanes) is 1. The van der Waals surface area contributed by atoms with Crippen molar-refractivity contribution in [3.63, 3.8) is 0 Å². The Morgan fingerprint density at radius 3 is 2.66 bits per heavy atom. The lowest BCUT2D eigenvalue weighted by Crippen LogP contribution is -2.34. The topological polar surface area (TPSA) is 69.5 Å². The molecular weight excluding hydrogens is 460 g/mol. The molecule has 0 radical (unpaired) electrons. The summed E-state index contributed by atoms with van der Waals surface area (Å²) >= 11 is 1.49. The van der Waals surface area contributed by atoms with Gasteiger partial charge in [-0.2, -0.15) is 5.10 Å². The summed E-state index contributed by atoms with van der Waals surface area (Å²) in [6, 6.07) is 15.3. The molecule has 1 amide bonds. The molecule has 0 spiro atoms. The van der Waals surface area contributed by atoms with Crippen LogP contribution in [-0.2, 0) is 6.54 Å². The Hall–Kier alpha value is -3.39. The van der Waals surface area contributed by atoms with E-state index in [2.05, 4.69) is 12.0 Å². The lowest BCUT2D eigenvalue weighted by atomic mass is 10.2. The molecular formula is C27H32N4O3S. The summed E-state index contributed by atoms with van der Waals surface area (Å²) in [5, 5.41) is 5.20. The van der Waals surface area contributed by atoms with Crippen LogP contribution in [0, 0.1) is 13.8 Å². The van der Waals surface area contributed by atoms with Crippen LogP contribution in [0.4, 0.5) is 5.13 Å². The second-order valence-electron chi connectivity index (χ2n) is 8.37. The van der Waals surface area contributed by atoms with E-state index in [0.717, 1.165) is 40.2 Å². The minimum absolute atomic E-state index is 0.121. The number of aromatic nitrogens is 3. The van der Waals surface area contributed by atoms with Crippen molar-refractivity contribution >= 4 is 32.6 Å². The molecule has 7 nitrogen and oxygen atoms in total. The second-order valence-corrected chi connectivity index (χ2v) is 9.38. The molecule has 0 saturated heterocycles. The minimum atomic E-state index is -0.121. The summed E-state index contributed by atoms with van der Waals surface area (Å²) in [4.78, 5) is 20.4. The monoisotopic (exact) mass is 492 g/mol. The lowest BCUT2D eigenvalue weighted by Gasteiger charge is -2.21. The highest BCUT2D eigenvalue weighted by atomic mass is 32.1. The number of thiazole rings is 1. The number of nitrogens with zero attached hydrogens (tertiary/aromatic N) is 4. The number of anilines is 1. The van der Waals surface area contributed by atoms with Crippen molar-refractivity contribution in [2.75, 3.05) is 24.7 Å². The summed E-state index contributed by atoms with van der Waals surface area (Å²) in [5.41, 5.74) is 3.36. The average molecular weight is 493 g/mol. The van der Waals surface area contributed by atoms with Crippen molar-refractivity contribution in [2.24, 2.45) is 0 Å². The Morgan fingerprint density at radius 1 is 1.09 bits per heavy atom. The highest BCUT2D eigenvalue weighted by molar-refractivity contribution is 7.22. The summed E-state index contributed by atoms with van der Waals surface area (Å²) in [6.07, 6.45) is 2.03. The van der Waals surface area contributed by atoms with Gasteiger partial charge in [-0.15, -0.1) is 0 Å². The van der Waals surface area contributed by atoms with Gasteiger partial charge in [-0.25, -0.2) is 4.98 Å². The maximum atomic E-state index is 13.8. The van der Waals surface area contributed by atoms with Crippen LogP contribution in [-0.4, -0.2) is 40.4 Å². The third-order valence-corrected chi connectivity index (χ3v) is 6.68. The molecule has 2 aromatic carbocycles. The van der Waals surface area contributed by atoms with Crippen molar-refractivity contribution in [3.05, 3.63) is 65.5 Å². The minimum Gasteiger partial charge on any atom is -0.494 e. The van der Waals surface area contributed by atoms with Gasteiger partial charge >= 0.3 is 0 Å². The third kappa shape index (κ3) is 5.82. The van der Waals surface area contributed by atoms with Gasteiger partial charge in [0.25, 0.3) is 5.91 Å². The molecule has 0 aliphatic heterocycles. The summed E-state index contributed by atoms with van der Waals surface area (Å²) < 4.78 is 14.5. The van der Waals surface area contributed by atoms with Crippen molar-refractivity contribution in [1.29, 1.82) is 0 Å². The van der Waals surface area contributed by atoms with E-state index < -0.39 is 0 Å². The number of carbonyl (C=O) groups is 1. The van der Waals surface area contributed by atoms with Gasteiger partial charge in [-0.3, -0.25) is 14.4 Å². The van der Waals surface area contributed by atoms with Gasteiger partial charge in [0.2, 0.25) is 0 Å². The molecule has 4 rings (SSSR count). The van der Waals surface area contributed by atoms with Crippen LogP contribution in [0.2, 0.25) is 0 Å². The smallest absolute Gasteiger partial charge is 0.260 e. The van der Waals surface area contributed by atoms with Gasteiger partial charge in [0, 0.05) is 17.8 Å².